The van der Waals surface area contributed by atoms with Crippen LogP contribution in [-0.2, 0) is 0 Å². The van der Waals surface area contributed by atoms with Crippen LogP contribution in [0.4, 0.5) is 21.0 Å². The Bertz CT molecular complexity index is 1060. The number of hydrogen-bond acceptors (Lipinski definition) is 7. The van der Waals surface area contributed by atoms with Crippen LogP contribution in [0.5, 0.6) is 11.5 Å². The molecule has 0 atom stereocenters. The van der Waals surface area contributed by atoms with Crippen molar-refractivity contribution in [3.05, 3.63) is 58.7 Å². The van der Waals surface area contributed by atoms with Crippen molar-refractivity contribution in [2.45, 2.75) is 31.8 Å². The van der Waals surface area contributed by atoms with Crippen LogP contribution in [0.15, 0.2) is 42.5 Å². The molecule has 0 bridgehead atoms. The minimum absolute atomic E-state index is 0.0948. The second-order valence-electron chi connectivity index (χ2n) is 7.30. The van der Waals surface area contributed by atoms with Gasteiger partial charge in [0.05, 0.1) is 13.2 Å². The largest absolute Gasteiger partial charge is 0.494 e. The second kappa shape index (κ2) is 9.34. The highest BCUT2D eigenvalue weighted by Gasteiger charge is 2.21. The van der Waals surface area contributed by atoms with E-state index in [2.05, 4.69) is 15.6 Å². The predicted octanol–water partition coefficient (Wildman–Crippen LogP) is 5.63. The number of aromatic nitrogens is 1. The summed E-state index contributed by atoms with van der Waals surface area (Å²) in [5, 5.41) is 6.72. The lowest BCUT2D eigenvalue weighted by molar-refractivity contribution is 0.104. The van der Waals surface area contributed by atoms with E-state index < -0.39 is 5.82 Å². The molecule has 0 amide bonds. The number of thiazole rings is 1. The summed E-state index contributed by atoms with van der Waals surface area (Å²) in [5.41, 5.74) is 1.07. The van der Waals surface area contributed by atoms with E-state index in [1.807, 2.05) is 24.3 Å². The Labute approximate surface area is 184 Å². The number of carbonyl (C=O) groups excluding carboxylic acids is 1. The molecule has 2 N–H and O–H groups in total. The van der Waals surface area contributed by atoms with Gasteiger partial charge in [0.1, 0.15) is 10.6 Å². The molecule has 4 rings (SSSR count). The fourth-order valence-electron chi connectivity index (χ4n) is 3.57. The molecule has 0 radical (unpaired) electrons. The minimum atomic E-state index is -0.581. The monoisotopic (exact) mass is 441 g/mol. The summed E-state index contributed by atoms with van der Waals surface area (Å²) in [6.45, 7) is 0. The van der Waals surface area contributed by atoms with Gasteiger partial charge < -0.3 is 20.1 Å². The molecule has 1 saturated carbocycles. The molecule has 3 aromatic rings. The average molecular weight is 442 g/mol. The van der Waals surface area contributed by atoms with Crippen molar-refractivity contribution in [1.29, 1.82) is 0 Å². The summed E-state index contributed by atoms with van der Waals surface area (Å²) in [6.07, 6.45) is 4.99. The van der Waals surface area contributed by atoms with Gasteiger partial charge in [-0.15, -0.1) is 0 Å². The Kier molecular flexibility index (Phi) is 6.36. The van der Waals surface area contributed by atoms with Gasteiger partial charge in [-0.05, 0) is 68.1 Å². The van der Waals surface area contributed by atoms with Gasteiger partial charge in [-0.25, -0.2) is 9.37 Å². The summed E-state index contributed by atoms with van der Waals surface area (Å²) < 4.78 is 24.9. The van der Waals surface area contributed by atoms with Crippen molar-refractivity contribution in [3.8, 4) is 11.5 Å². The smallest absolute Gasteiger partial charge is 0.206 e. The van der Waals surface area contributed by atoms with Crippen LogP contribution in [0.3, 0.4) is 0 Å². The van der Waals surface area contributed by atoms with Gasteiger partial charge in [-0.2, -0.15) is 0 Å². The molecule has 1 aromatic heterocycles. The fourth-order valence-corrected chi connectivity index (χ4v) is 4.53. The number of ketones is 1. The van der Waals surface area contributed by atoms with Crippen molar-refractivity contribution in [3.63, 3.8) is 0 Å². The van der Waals surface area contributed by atoms with Gasteiger partial charge in [-0.1, -0.05) is 11.3 Å². The number of rotatable bonds is 8. The molecule has 8 heteroatoms. The number of nitrogens with zero attached hydrogens (tertiary/aromatic N) is 1. The van der Waals surface area contributed by atoms with Gasteiger partial charge in [0, 0.05) is 18.3 Å². The van der Waals surface area contributed by atoms with E-state index in [1.165, 1.54) is 43.4 Å². The lowest BCUT2D eigenvalue weighted by Gasteiger charge is -2.13. The minimum Gasteiger partial charge on any atom is -0.494 e. The van der Waals surface area contributed by atoms with Crippen LogP contribution in [0.1, 0.15) is 40.9 Å². The second-order valence-corrected chi connectivity index (χ2v) is 8.30. The zero-order valence-electron chi connectivity index (χ0n) is 17.4. The van der Waals surface area contributed by atoms with Gasteiger partial charge >= 0.3 is 0 Å². The number of nitrogens with one attached hydrogen (secondary N) is 2. The first kappa shape index (κ1) is 21.1. The highest BCUT2D eigenvalue weighted by molar-refractivity contribution is 7.18. The van der Waals surface area contributed by atoms with E-state index in [4.69, 9.17) is 9.47 Å². The van der Waals surface area contributed by atoms with Crippen LogP contribution in [0, 0.1) is 5.82 Å². The molecule has 6 nitrogen and oxygen atoms in total. The number of hydrogen-bond donors (Lipinski definition) is 2. The molecule has 0 spiro atoms. The summed E-state index contributed by atoms with van der Waals surface area (Å²) in [4.78, 5) is 17.8. The first-order valence-corrected chi connectivity index (χ1v) is 11.0. The zero-order chi connectivity index (χ0) is 21.8. The first-order valence-electron chi connectivity index (χ1n) is 10.2. The highest BCUT2D eigenvalue weighted by atomic mass is 32.1. The molecule has 2 aromatic carbocycles. The summed E-state index contributed by atoms with van der Waals surface area (Å²) >= 11 is 1.21. The third-order valence-corrected chi connectivity index (χ3v) is 6.16. The number of methoxy groups -OCH3 is 1. The maximum absolute atomic E-state index is 14.0. The SMILES string of the molecule is CNc1nc(Nc2ccc(OC3CCCC3)cc2)sc1C(=O)c1ccc(OC)c(F)c1. The Morgan fingerprint density at radius 3 is 2.55 bits per heavy atom. The normalized spacial score (nSPS) is 13.8. The molecule has 1 fully saturated rings. The van der Waals surface area contributed by atoms with E-state index in [-0.39, 0.29) is 17.1 Å². The number of ether oxygens (including phenoxy) is 2. The quantitative estimate of drug-likeness (QED) is 0.442. The topological polar surface area (TPSA) is 72.5 Å². The lowest BCUT2D eigenvalue weighted by Crippen LogP contribution is -2.10. The highest BCUT2D eigenvalue weighted by Crippen LogP contribution is 2.33. The lowest BCUT2D eigenvalue weighted by atomic mass is 10.1. The van der Waals surface area contributed by atoms with Gasteiger partial charge in [0.15, 0.2) is 22.5 Å². The molecular weight excluding hydrogens is 417 g/mol. The van der Waals surface area contributed by atoms with Crippen LogP contribution in [0.25, 0.3) is 0 Å². The summed E-state index contributed by atoms with van der Waals surface area (Å²) in [7, 11) is 3.08. The standard InChI is InChI=1S/C23H24FN3O3S/c1-25-22-21(20(28)14-7-12-19(29-2)18(24)13-14)31-23(27-22)26-15-8-10-17(11-9-15)30-16-5-3-4-6-16/h7-13,16,25H,3-6H2,1-2H3,(H,26,27). The molecule has 0 unspecified atom stereocenters. The number of carbonyl (C=O) groups is 1. The van der Waals surface area contributed by atoms with Gasteiger partial charge in [0.2, 0.25) is 5.78 Å². The van der Waals surface area contributed by atoms with Crippen LogP contribution >= 0.6 is 11.3 Å². The molecule has 1 aliphatic rings. The first-order chi connectivity index (χ1) is 15.1. The Hall–Kier alpha value is -3.13. The van der Waals surface area contributed by atoms with Crippen molar-refractivity contribution in [2.75, 3.05) is 24.8 Å². The van der Waals surface area contributed by atoms with Crippen LogP contribution < -0.4 is 20.1 Å². The Morgan fingerprint density at radius 2 is 1.90 bits per heavy atom. The molecule has 0 saturated heterocycles. The maximum atomic E-state index is 14.0. The molecule has 162 valence electrons. The van der Waals surface area contributed by atoms with E-state index in [0.717, 1.165) is 24.3 Å². The van der Waals surface area contributed by atoms with Crippen LogP contribution in [0.2, 0.25) is 0 Å². The number of anilines is 3. The molecule has 31 heavy (non-hydrogen) atoms. The average Bonchev–Trinajstić information content (AvgIpc) is 3.44. The van der Waals surface area contributed by atoms with Crippen molar-refractivity contribution >= 4 is 33.8 Å². The number of benzene rings is 2. The van der Waals surface area contributed by atoms with E-state index in [0.29, 0.717) is 21.9 Å². The van der Waals surface area contributed by atoms with E-state index >= 15 is 0 Å². The predicted molar refractivity (Wildman–Crippen MR) is 121 cm³/mol. The molecule has 1 heterocycles. The Balaban J connectivity index is 1.49. The molecule has 0 aliphatic heterocycles. The van der Waals surface area contributed by atoms with Gasteiger partial charge in [-0.3, -0.25) is 4.79 Å². The van der Waals surface area contributed by atoms with Crippen LogP contribution in [-0.4, -0.2) is 31.0 Å². The summed E-state index contributed by atoms with van der Waals surface area (Å²) in [5.74, 6) is 0.496. The zero-order valence-corrected chi connectivity index (χ0v) is 18.2. The van der Waals surface area contributed by atoms with Crippen molar-refractivity contribution in [1.82, 2.24) is 4.98 Å². The molecular formula is C23H24FN3O3S. The van der Waals surface area contributed by atoms with E-state index in [1.54, 1.807) is 13.1 Å². The third kappa shape index (κ3) is 4.80. The van der Waals surface area contributed by atoms with E-state index in [9.17, 15) is 9.18 Å². The number of halogens is 1. The van der Waals surface area contributed by atoms with Gasteiger partial charge in [0.25, 0.3) is 0 Å². The summed E-state index contributed by atoms with van der Waals surface area (Å²) in [6, 6.07) is 11.9. The van der Waals surface area contributed by atoms with Crippen molar-refractivity contribution < 1.29 is 18.7 Å². The third-order valence-electron chi connectivity index (χ3n) is 5.19. The fraction of sp³-hybridized carbons (Fsp3) is 0.304. The van der Waals surface area contributed by atoms with Crippen molar-refractivity contribution in [2.24, 2.45) is 0 Å². The Morgan fingerprint density at radius 1 is 1.16 bits per heavy atom. The maximum Gasteiger partial charge on any atom is 0.206 e. The molecule has 1 aliphatic carbocycles.